The van der Waals surface area contributed by atoms with Gasteiger partial charge in [-0.25, -0.2) is 13.1 Å². The van der Waals surface area contributed by atoms with Crippen LogP contribution in [0.5, 0.6) is 0 Å². The standard InChI is InChI=1S/C14H20N2O4S/c1-2-16(10-14(17)18)12-8-11(9-12)15-21(19,20)13-6-4-3-5-7-13/h3-7,11-12,15H,2,8-10H2,1H3,(H,17,18). The van der Waals surface area contributed by atoms with Gasteiger partial charge in [-0.2, -0.15) is 0 Å². The molecule has 0 aliphatic heterocycles. The molecule has 1 saturated carbocycles. The summed E-state index contributed by atoms with van der Waals surface area (Å²) in [6.45, 7) is 2.55. The number of nitrogens with one attached hydrogen (secondary N) is 1. The van der Waals surface area contributed by atoms with Gasteiger partial charge in [0.1, 0.15) is 0 Å². The Morgan fingerprint density at radius 3 is 2.48 bits per heavy atom. The quantitative estimate of drug-likeness (QED) is 0.781. The predicted molar refractivity (Wildman–Crippen MR) is 78.5 cm³/mol. The molecule has 1 aromatic rings. The Hall–Kier alpha value is -1.44. The number of carboxylic acid groups (broad SMARTS) is 1. The zero-order valence-electron chi connectivity index (χ0n) is 11.9. The lowest BCUT2D eigenvalue weighted by Gasteiger charge is -2.42. The van der Waals surface area contributed by atoms with Gasteiger partial charge in [0, 0.05) is 12.1 Å². The molecule has 1 fully saturated rings. The number of benzene rings is 1. The summed E-state index contributed by atoms with van der Waals surface area (Å²) in [7, 11) is -3.48. The summed E-state index contributed by atoms with van der Waals surface area (Å²) >= 11 is 0. The lowest BCUT2D eigenvalue weighted by atomic mass is 9.86. The van der Waals surface area contributed by atoms with Crippen molar-refractivity contribution in [3.8, 4) is 0 Å². The summed E-state index contributed by atoms with van der Waals surface area (Å²) in [6, 6.07) is 8.26. The molecular formula is C14H20N2O4S. The maximum atomic E-state index is 12.1. The van der Waals surface area contributed by atoms with Gasteiger partial charge in [-0.1, -0.05) is 25.1 Å². The van der Waals surface area contributed by atoms with E-state index in [2.05, 4.69) is 4.72 Å². The molecular weight excluding hydrogens is 292 g/mol. The van der Waals surface area contributed by atoms with Crippen LogP contribution in [0.2, 0.25) is 0 Å². The number of hydrogen-bond acceptors (Lipinski definition) is 4. The Morgan fingerprint density at radius 2 is 1.95 bits per heavy atom. The van der Waals surface area contributed by atoms with Gasteiger partial charge in [0.05, 0.1) is 11.4 Å². The van der Waals surface area contributed by atoms with E-state index in [9.17, 15) is 13.2 Å². The van der Waals surface area contributed by atoms with E-state index < -0.39 is 16.0 Å². The third-order valence-corrected chi connectivity index (χ3v) is 5.29. The number of sulfonamides is 1. The molecule has 6 nitrogen and oxygen atoms in total. The first-order chi connectivity index (χ1) is 9.92. The first-order valence-corrected chi connectivity index (χ1v) is 8.44. The molecule has 0 heterocycles. The van der Waals surface area contributed by atoms with Crippen LogP contribution < -0.4 is 4.72 Å². The highest BCUT2D eigenvalue weighted by Crippen LogP contribution is 2.27. The maximum Gasteiger partial charge on any atom is 0.317 e. The van der Waals surface area contributed by atoms with Gasteiger partial charge in [-0.15, -0.1) is 0 Å². The first kappa shape index (κ1) is 15.9. The third-order valence-electron chi connectivity index (χ3n) is 3.75. The lowest BCUT2D eigenvalue weighted by Crippen LogP contribution is -2.54. The third kappa shape index (κ3) is 4.03. The van der Waals surface area contributed by atoms with Crippen molar-refractivity contribution in [2.45, 2.75) is 36.7 Å². The average molecular weight is 312 g/mol. The summed E-state index contributed by atoms with van der Waals surface area (Å²) in [5.74, 6) is -0.856. The van der Waals surface area contributed by atoms with E-state index in [0.29, 0.717) is 19.4 Å². The molecule has 116 valence electrons. The molecule has 0 radical (unpaired) electrons. The van der Waals surface area contributed by atoms with Crippen LogP contribution in [-0.2, 0) is 14.8 Å². The summed E-state index contributed by atoms with van der Waals surface area (Å²) in [6.07, 6.45) is 1.29. The molecule has 0 spiro atoms. The molecule has 0 atom stereocenters. The fourth-order valence-electron chi connectivity index (χ4n) is 2.54. The molecule has 21 heavy (non-hydrogen) atoms. The highest BCUT2D eigenvalue weighted by atomic mass is 32.2. The number of aliphatic carboxylic acids is 1. The van der Waals surface area contributed by atoms with Gasteiger partial charge >= 0.3 is 5.97 Å². The van der Waals surface area contributed by atoms with Crippen molar-refractivity contribution in [2.24, 2.45) is 0 Å². The highest BCUT2D eigenvalue weighted by Gasteiger charge is 2.36. The molecule has 0 unspecified atom stereocenters. The fraction of sp³-hybridized carbons (Fsp3) is 0.500. The number of carboxylic acids is 1. The molecule has 2 rings (SSSR count). The SMILES string of the molecule is CCN(CC(=O)O)C1CC(NS(=O)(=O)c2ccccc2)C1. The predicted octanol–water partition coefficient (Wildman–Crippen LogP) is 0.902. The Kier molecular flexibility index (Phi) is 4.97. The van der Waals surface area contributed by atoms with Crippen molar-refractivity contribution in [2.75, 3.05) is 13.1 Å². The smallest absolute Gasteiger partial charge is 0.317 e. The van der Waals surface area contributed by atoms with Crippen LogP contribution in [0.4, 0.5) is 0 Å². The largest absolute Gasteiger partial charge is 0.480 e. The van der Waals surface area contributed by atoms with E-state index in [1.807, 2.05) is 11.8 Å². The zero-order chi connectivity index (χ0) is 15.5. The monoisotopic (exact) mass is 312 g/mol. The van der Waals surface area contributed by atoms with Crippen molar-refractivity contribution < 1.29 is 18.3 Å². The molecule has 0 saturated heterocycles. The molecule has 7 heteroatoms. The van der Waals surface area contributed by atoms with E-state index in [-0.39, 0.29) is 23.5 Å². The van der Waals surface area contributed by atoms with E-state index in [0.717, 1.165) is 0 Å². The second kappa shape index (κ2) is 6.55. The zero-order valence-corrected chi connectivity index (χ0v) is 12.7. The van der Waals surface area contributed by atoms with Crippen molar-refractivity contribution in [3.63, 3.8) is 0 Å². The second-order valence-electron chi connectivity index (χ2n) is 5.21. The summed E-state index contributed by atoms with van der Waals surface area (Å²) < 4.78 is 27.0. The molecule has 0 amide bonds. The van der Waals surface area contributed by atoms with Gasteiger partial charge in [0.15, 0.2) is 0 Å². The van der Waals surface area contributed by atoms with Crippen LogP contribution in [0.25, 0.3) is 0 Å². The number of nitrogens with zero attached hydrogens (tertiary/aromatic N) is 1. The minimum atomic E-state index is -3.48. The Morgan fingerprint density at radius 1 is 1.33 bits per heavy atom. The number of likely N-dealkylation sites (N-methyl/N-ethyl adjacent to an activating group) is 1. The summed E-state index contributed by atoms with van der Waals surface area (Å²) in [5, 5.41) is 8.83. The molecule has 1 aliphatic rings. The van der Waals surface area contributed by atoms with Crippen molar-refractivity contribution in [1.82, 2.24) is 9.62 Å². The normalized spacial score (nSPS) is 22.0. The maximum absolute atomic E-state index is 12.1. The average Bonchev–Trinajstić information content (AvgIpc) is 2.41. The highest BCUT2D eigenvalue weighted by molar-refractivity contribution is 7.89. The van der Waals surface area contributed by atoms with E-state index in [1.54, 1.807) is 30.3 Å². The van der Waals surface area contributed by atoms with Gasteiger partial charge in [-0.3, -0.25) is 9.69 Å². The Balaban J connectivity index is 1.89. The summed E-state index contributed by atoms with van der Waals surface area (Å²) in [5.41, 5.74) is 0. The van der Waals surface area contributed by atoms with Gasteiger partial charge in [0.25, 0.3) is 0 Å². The van der Waals surface area contributed by atoms with Crippen molar-refractivity contribution in [1.29, 1.82) is 0 Å². The van der Waals surface area contributed by atoms with Gasteiger partial charge in [0.2, 0.25) is 10.0 Å². The van der Waals surface area contributed by atoms with Crippen molar-refractivity contribution >= 4 is 16.0 Å². The van der Waals surface area contributed by atoms with Crippen LogP contribution in [0.15, 0.2) is 35.2 Å². The van der Waals surface area contributed by atoms with E-state index in [4.69, 9.17) is 5.11 Å². The minimum Gasteiger partial charge on any atom is -0.480 e. The molecule has 1 aliphatic carbocycles. The Labute approximate surface area is 124 Å². The van der Waals surface area contributed by atoms with Crippen LogP contribution in [0.3, 0.4) is 0 Å². The Bertz CT molecular complexity index is 582. The number of hydrogen-bond donors (Lipinski definition) is 2. The minimum absolute atomic E-state index is 0.000673. The summed E-state index contributed by atoms with van der Waals surface area (Å²) in [4.78, 5) is 12.9. The second-order valence-corrected chi connectivity index (χ2v) is 6.93. The molecule has 1 aromatic carbocycles. The molecule has 2 N–H and O–H groups in total. The van der Waals surface area contributed by atoms with Crippen LogP contribution in [0.1, 0.15) is 19.8 Å². The van der Waals surface area contributed by atoms with E-state index >= 15 is 0 Å². The topological polar surface area (TPSA) is 86.7 Å². The van der Waals surface area contributed by atoms with Gasteiger partial charge in [-0.05, 0) is 31.5 Å². The van der Waals surface area contributed by atoms with Crippen LogP contribution >= 0.6 is 0 Å². The van der Waals surface area contributed by atoms with Crippen molar-refractivity contribution in [3.05, 3.63) is 30.3 Å². The molecule has 0 bridgehead atoms. The van der Waals surface area contributed by atoms with E-state index in [1.165, 1.54) is 0 Å². The first-order valence-electron chi connectivity index (χ1n) is 6.95. The van der Waals surface area contributed by atoms with Gasteiger partial charge < -0.3 is 5.11 Å². The van der Waals surface area contributed by atoms with Crippen LogP contribution in [0, 0.1) is 0 Å². The fourth-order valence-corrected chi connectivity index (χ4v) is 3.82. The molecule has 0 aromatic heterocycles. The van der Waals surface area contributed by atoms with Crippen LogP contribution in [-0.4, -0.2) is 49.6 Å². The number of rotatable bonds is 7. The lowest BCUT2D eigenvalue weighted by molar-refractivity contribution is -0.139. The number of carbonyl (C=O) groups is 1.